The van der Waals surface area contributed by atoms with Crippen LogP contribution >= 0.6 is 0 Å². The first-order valence-corrected chi connectivity index (χ1v) is 3.16. The molecular weight excluding hydrogens is 116 g/mol. The standard InChI is InChI=1S/C7H12O2/c1-4-6(5-2)7(8)9-3/h3,6H,4-5H2,1-2H3. The van der Waals surface area contributed by atoms with E-state index >= 15 is 0 Å². The highest BCUT2D eigenvalue weighted by Crippen LogP contribution is 2.08. The predicted octanol–water partition coefficient (Wildman–Crippen LogP) is 1.63. The van der Waals surface area contributed by atoms with Gasteiger partial charge in [-0.1, -0.05) is 13.8 Å². The lowest BCUT2D eigenvalue weighted by Gasteiger charge is -2.06. The van der Waals surface area contributed by atoms with Gasteiger partial charge in [0.25, 0.3) is 0 Å². The average molecular weight is 128 g/mol. The van der Waals surface area contributed by atoms with Crippen molar-refractivity contribution in [3.05, 3.63) is 7.11 Å². The Kier molecular flexibility index (Phi) is 4.10. The SMILES string of the molecule is [CH]OC(=O)C(CC)CC. The Morgan fingerprint density at radius 2 is 2.00 bits per heavy atom. The van der Waals surface area contributed by atoms with Crippen LogP contribution in [0.15, 0.2) is 0 Å². The number of carbonyl (C=O) groups excluding carboxylic acids is 1. The molecule has 0 saturated carbocycles. The van der Waals surface area contributed by atoms with Gasteiger partial charge in [-0.25, -0.2) is 0 Å². The molecule has 52 valence electrons. The first-order valence-electron chi connectivity index (χ1n) is 3.16. The van der Waals surface area contributed by atoms with Gasteiger partial charge in [0.15, 0.2) is 7.11 Å². The summed E-state index contributed by atoms with van der Waals surface area (Å²) in [4.78, 5) is 10.6. The summed E-state index contributed by atoms with van der Waals surface area (Å²) in [7, 11) is 4.67. The molecule has 0 unspecified atom stereocenters. The number of hydrogen-bond donors (Lipinski definition) is 0. The molecule has 0 fully saturated rings. The maximum Gasteiger partial charge on any atom is 0.309 e. The van der Waals surface area contributed by atoms with Gasteiger partial charge in [-0.2, -0.15) is 0 Å². The first kappa shape index (κ1) is 8.47. The molecule has 0 aliphatic rings. The number of hydrogen-bond acceptors (Lipinski definition) is 2. The molecule has 0 rings (SSSR count). The molecule has 0 aliphatic heterocycles. The van der Waals surface area contributed by atoms with Crippen LogP contribution in [0.25, 0.3) is 0 Å². The Morgan fingerprint density at radius 1 is 1.56 bits per heavy atom. The molecule has 0 aromatic carbocycles. The van der Waals surface area contributed by atoms with Gasteiger partial charge >= 0.3 is 5.97 Å². The smallest absolute Gasteiger partial charge is 0.309 e. The summed E-state index contributed by atoms with van der Waals surface area (Å²) in [5.74, 6) is -0.324. The zero-order chi connectivity index (χ0) is 7.28. The van der Waals surface area contributed by atoms with Crippen LogP contribution in [-0.2, 0) is 9.53 Å². The van der Waals surface area contributed by atoms with E-state index in [1.165, 1.54) is 0 Å². The van der Waals surface area contributed by atoms with Gasteiger partial charge in [-0.3, -0.25) is 4.79 Å². The molecule has 0 atom stereocenters. The van der Waals surface area contributed by atoms with Crippen LogP contribution in [0, 0.1) is 13.0 Å². The number of esters is 1. The Balaban J connectivity index is 3.64. The van der Waals surface area contributed by atoms with Crippen LogP contribution in [0.4, 0.5) is 0 Å². The summed E-state index contributed by atoms with van der Waals surface area (Å²) in [5, 5.41) is 0. The van der Waals surface area contributed by atoms with Gasteiger partial charge in [0.1, 0.15) is 0 Å². The molecule has 0 aliphatic carbocycles. The van der Waals surface area contributed by atoms with E-state index in [2.05, 4.69) is 11.8 Å². The molecule has 0 aromatic rings. The van der Waals surface area contributed by atoms with Crippen molar-refractivity contribution in [3.63, 3.8) is 0 Å². The largest absolute Gasteiger partial charge is 0.454 e. The lowest BCUT2D eigenvalue weighted by molar-refractivity contribution is -0.143. The Labute approximate surface area is 56.2 Å². The van der Waals surface area contributed by atoms with Crippen molar-refractivity contribution in [2.24, 2.45) is 5.92 Å². The van der Waals surface area contributed by atoms with Crippen LogP contribution in [0.3, 0.4) is 0 Å². The second-order valence-corrected chi connectivity index (χ2v) is 1.95. The van der Waals surface area contributed by atoms with Gasteiger partial charge in [0, 0.05) is 0 Å². The third-order valence-electron chi connectivity index (χ3n) is 1.44. The van der Waals surface area contributed by atoms with Crippen LogP contribution in [0.2, 0.25) is 0 Å². The minimum atomic E-state index is -0.306. The minimum Gasteiger partial charge on any atom is -0.454 e. The van der Waals surface area contributed by atoms with Gasteiger partial charge in [-0.05, 0) is 12.8 Å². The Bertz CT molecular complexity index is 84.9. The lowest BCUT2D eigenvalue weighted by Crippen LogP contribution is -2.12. The van der Waals surface area contributed by atoms with Crippen LogP contribution in [0.1, 0.15) is 26.7 Å². The van der Waals surface area contributed by atoms with Crippen molar-refractivity contribution in [1.82, 2.24) is 0 Å². The zero-order valence-electron chi connectivity index (χ0n) is 5.89. The van der Waals surface area contributed by atoms with Crippen LogP contribution < -0.4 is 0 Å². The second kappa shape index (κ2) is 4.36. The third-order valence-corrected chi connectivity index (χ3v) is 1.44. The predicted molar refractivity (Wildman–Crippen MR) is 34.5 cm³/mol. The van der Waals surface area contributed by atoms with Crippen LogP contribution in [0.5, 0.6) is 0 Å². The molecule has 9 heavy (non-hydrogen) atoms. The fourth-order valence-electron chi connectivity index (χ4n) is 0.718. The third kappa shape index (κ3) is 2.49. The van der Waals surface area contributed by atoms with Crippen molar-refractivity contribution in [2.75, 3.05) is 0 Å². The van der Waals surface area contributed by atoms with Crippen molar-refractivity contribution >= 4 is 5.97 Å². The average Bonchev–Trinajstić information content (AvgIpc) is 1.90. The summed E-state index contributed by atoms with van der Waals surface area (Å²) in [5.41, 5.74) is 0. The van der Waals surface area contributed by atoms with Crippen molar-refractivity contribution in [1.29, 1.82) is 0 Å². The Morgan fingerprint density at radius 3 is 2.11 bits per heavy atom. The molecule has 0 bridgehead atoms. The summed E-state index contributed by atoms with van der Waals surface area (Å²) in [6.45, 7) is 3.87. The molecule has 0 aromatic heterocycles. The van der Waals surface area contributed by atoms with Crippen molar-refractivity contribution < 1.29 is 9.53 Å². The van der Waals surface area contributed by atoms with Gasteiger partial charge in [0.05, 0.1) is 5.92 Å². The highest BCUT2D eigenvalue weighted by molar-refractivity contribution is 5.72. The molecule has 0 saturated heterocycles. The van der Waals surface area contributed by atoms with E-state index in [9.17, 15) is 4.79 Å². The minimum absolute atomic E-state index is 0.0185. The quantitative estimate of drug-likeness (QED) is 0.540. The summed E-state index contributed by atoms with van der Waals surface area (Å²) >= 11 is 0. The highest BCUT2D eigenvalue weighted by atomic mass is 16.5. The van der Waals surface area contributed by atoms with E-state index < -0.39 is 0 Å². The van der Waals surface area contributed by atoms with Crippen LogP contribution in [-0.4, -0.2) is 5.97 Å². The fraction of sp³-hybridized carbons (Fsp3) is 0.714. The van der Waals surface area contributed by atoms with Gasteiger partial charge in [0.2, 0.25) is 0 Å². The highest BCUT2D eigenvalue weighted by Gasteiger charge is 2.13. The Hall–Kier alpha value is -0.530. The van der Waals surface area contributed by atoms with Crippen molar-refractivity contribution in [2.45, 2.75) is 26.7 Å². The number of ether oxygens (including phenoxy) is 1. The molecule has 2 heteroatoms. The van der Waals surface area contributed by atoms with E-state index in [1.54, 1.807) is 0 Å². The molecule has 0 spiro atoms. The monoisotopic (exact) mass is 128 g/mol. The van der Waals surface area contributed by atoms with Gasteiger partial charge < -0.3 is 4.74 Å². The fourth-order valence-corrected chi connectivity index (χ4v) is 0.718. The van der Waals surface area contributed by atoms with E-state index in [0.29, 0.717) is 0 Å². The maximum absolute atomic E-state index is 10.6. The topological polar surface area (TPSA) is 26.3 Å². The van der Waals surface area contributed by atoms with E-state index in [1.807, 2.05) is 13.8 Å². The molecule has 2 nitrogen and oxygen atoms in total. The molecule has 0 heterocycles. The number of carbonyl (C=O) groups is 1. The molecular formula is C7H12O2. The molecule has 0 amide bonds. The lowest BCUT2D eigenvalue weighted by atomic mass is 10.0. The molecule has 2 radical (unpaired) electrons. The van der Waals surface area contributed by atoms with Gasteiger partial charge in [-0.15, -0.1) is 0 Å². The van der Waals surface area contributed by atoms with E-state index in [4.69, 9.17) is 0 Å². The van der Waals surface area contributed by atoms with Crippen molar-refractivity contribution in [3.8, 4) is 0 Å². The second-order valence-electron chi connectivity index (χ2n) is 1.95. The first-order chi connectivity index (χ1) is 4.26. The summed E-state index contributed by atoms with van der Waals surface area (Å²) in [6.07, 6.45) is 1.60. The van der Waals surface area contributed by atoms with E-state index in [-0.39, 0.29) is 11.9 Å². The summed E-state index contributed by atoms with van der Waals surface area (Å²) < 4.78 is 4.06. The maximum atomic E-state index is 10.6. The normalized spacial score (nSPS) is 9.78. The number of rotatable bonds is 3. The summed E-state index contributed by atoms with van der Waals surface area (Å²) in [6, 6.07) is 0. The zero-order valence-corrected chi connectivity index (χ0v) is 5.89. The van der Waals surface area contributed by atoms with E-state index in [0.717, 1.165) is 12.8 Å². The molecule has 0 N–H and O–H groups in total.